The molecule has 0 saturated heterocycles. The molecule has 5 heteroatoms. The Balaban J connectivity index is 2.42. The van der Waals surface area contributed by atoms with Crippen molar-refractivity contribution in [3.05, 3.63) is 29.3 Å². The molecule has 4 nitrogen and oxygen atoms in total. The van der Waals surface area contributed by atoms with Crippen molar-refractivity contribution in [1.29, 1.82) is 0 Å². The molecule has 0 bridgehead atoms. The molecule has 0 amide bonds. The number of rotatable bonds is 2. The average Bonchev–Trinajstić information content (AvgIpc) is 2.65. The summed E-state index contributed by atoms with van der Waals surface area (Å²) in [5.74, 6) is 1.10. The van der Waals surface area contributed by atoms with Crippen LogP contribution in [0.5, 0.6) is 5.75 Å². The van der Waals surface area contributed by atoms with Crippen LogP contribution < -0.4 is 10.5 Å². The van der Waals surface area contributed by atoms with Crippen LogP contribution in [0.2, 0.25) is 5.02 Å². The van der Waals surface area contributed by atoms with E-state index in [0.717, 1.165) is 11.3 Å². The van der Waals surface area contributed by atoms with E-state index >= 15 is 0 Å². The number of hydrogen-bond acceptors (Lipinski definition) is 3. The van der Waals surface area contributed by atoms with Gasteiger partial charge in [-0.25, -0.2) is 0 Å². The van der Waals surface area contributed by atoms with Gasteiger partial charge >= 0.3 is 0 Å². The minimum atomic E-state index is 0.456. The van der Waals surface area contributed by atoms with Crippen LogP contribution in [0.3, 0.4) is 0 Å². The summed E-state index contributed by atoms with van der Waals surface area (Å²) in [5.41, 5.74) is 7.26. The number of aromatic nitrogens is 2. The van der Waals surface area contributed by atoms with E-state index in [2.05, 4.69) is 10.2 Å². The van der Waals surface area contributed by atoms with E-state index in [1.165, 1.54) is 0 Å². The van der Waals surface area contributed by atoms with Gasteiger partial charge in [-0.3, -0.25) is 5.10 Å². The number of H-pyrrole nitrogens is 1. The van der Waals surface area contributed by atoms with Crippen LogP contribution in [-0.4, -0.2) is 17.3 Å². The number of nitrogens with two attached hydrogens (primary N) is 1. The summed E-state index contributed by atoms with van der Waals surface area (Å²) in [6.45, 7) is 0. The number of halogens is 1. The Morgan fingerprint density at radius 2 is 2.20 bits per heavy atom. The highest BCUT2D eigenvalue weighted by Crippen LogP contribution is 2.29. The van der Waals surface area contributed by atoms with Crippen LogP contribution >= 0.6 is 11.6 Å². The van der Waals surface area contributed by atoms with Gasteiger partial charge in [-0.1, -0.05) is 11.6 Å². The third-order valence-corrected chi connectivity index (χ3v) is 2.36. The van der Waals surface area contributed by atoms with Crippen molar-refractivity contribution in [2.75, 3.05) is 12.8 Å². The summed E-state index contributed by atoms with van der Waals surface area (Å²) in [7, 11) is 1.58. The highest BCUT2D eigenvalue weighted by Gasteiger charge is 2.05. The largest absolute Gasteiger partial charge is 0.495 e. The quantitative estimate of drug-likeness (QED) is 0.821. The van der Waals surface area contributed by atoms with Crippen molar-refractivity contribution in [1.82, 2.24) is 10.2 Å². The van der Waals surface area contributed by atoms with Crippen molar-refractivity contribution in [2.45, 2.75) is 0 Å². The molecule has 1 aromatic carbocycles. The number of nitrogens with one attached hydrogen (secondary N) is 1. The molecule has 1 aromatic heterocycles. The average molecular weight is 224 g/mol. The number of nitrogen functional groups attached to an aromatic ring is 1. The van der Waals surface area contributed by atoms with E-state index in [4.69, 9.17) is 22.1 Å². The second kappa shape index (κ2) is 3.82. The summed E-state index contributed by atoms with van der Waals surface area (Å²) in [4.78, 5) is 0. The maximum Gasteiger partial charge on any atom is 0.145 e. The normalized spacial score (nSPS) is 10.3. The fourth-order valence-electron chi connectivity index (χ4n) is 1.32. The first-order valence-corrected chi connectivity index (χ1v) is 4.73. The maximum atomic E-state index is 6.00. The topological polar surface area (TPSA) is 63.9 Å². The predicted molar refractivity (Wildman–Crippen MR) is 60.0 cm³/mol. The predicted octanol–water partition coefficient (Wildman–Crippen LogP) is 2.32. The number of methoxy groups -OCH3 is 1. The van der Waals surface area contributed by atoms with E-state index in [-0.39, 0.29) is 0 Å². The number of ether oxygens (including phenoxy) is 1. The zero-order valence-electron chi connectivity index (χ0n) is 8.12. The lowest BCUT2D eigenvalue weighted by Crippen LogP contribution is -1.85. The van der Waals surface area contributed by atoms with E-state index in [9.17, 15) is 0 Å². The molecule has 0 unspecified atom stereocenters. The number of benzene rings is 1. The molecule has 2 rings (SSSR count). The van der Waals surface area contributed by atoms with Gasteiger partial charge in [0, 0.05) is 11.6 Å². The molecule has 2 aromatic rings. The smallest absolute Gasteiger partial charge is 0.145 e. The Morgan fingerprint density at radius 1 is 1.40 bits per heavy atom. The summed E-state index contributed by atoms with van der Waals surface area (Å²) in [6.07, 6.45) is 0. The van der Waals surface area contributed by atoms with Crippen molar-refractivity contribution in [3.8, 4) is 17.0 Å². The zero-order chi connectivity index (χ0) is 10.8. The molecule has 0 fully saturated rings. The third kappa shape index (κ3) is 1.89. The SMILES string of the molecule is COc1ccc(-c2cc(N)n[nH]2)cc1Cl. The van der Waals surface area contributed by atoms with Gasteiger partial charge in [-0.05, 0) is 18.2 Å². The highest BCUT2D eigenvalue weighted by molar-refractivity contribution is 6.32. The van der Waals surface area contributed by atoms with Gasteiger partial charge in [0.05, 0.1) is 17.8 Å². The number of anilines is 1. The Labute approximate surface area is 92.0 Å². The molecule has 0 spiro atoms. The molecule has 0 aliphatic rings. The van der Waals surface area contributed by atoms with Crippen LogP contribution in [-0.2, 0) is 0 Å². The lowest BCUT2D eigenvalue weighted by atomic mass is 10.1. The van der Waals surface area contributed by atoms with E-state index in [0.29, 0.717) is 16.6 Å². The monoisotopic (exact) mass is 223 g/mol. The standard InChI is InChI=1S/C10H10ClN3O/c1-15-9-3-2-6(4-7(9)11)8-5-10(12)14-13-8/h2-5H,1H3,(H3,12,13,14). The fourth-order valence-corrected chi connectivity index (χ4v) is 1.58. The summed E-state index contributed by atoms with van der Waals surface area (Å²) in [6, 6.07) is 7.23. The second-order valence-corrected chi connectivity index (χ2v) is 3.46. The Kier molecular flexibility index (Phi) is 2.51. The minimum absolute atomic E-state index is 0.456. The first kappa shape index (κ1) is 9.86. The number of aromatic amines is 1. The van der Waals surface area contributed by atoms with Crippen molar-refractivity contribution in [3.63, 3.8) is 0 Å². The number of hydrogen-bond donors (Lipinski definition) is 2. The van der Waals surface area contributed by atoms with Gasteiger partial charge in [-0.2, -0.15) is 5.10 Å². The minimum Gasteiger partial charge on any atom is -0.495 e. The molecule has 0 aliphatic heterocycles. The van der Waals surface area contributed by atoms with E-state index in [1.807, 2.05) is 6.07 Å². The van der Waals surface area contributed by atoms with E-state index in [1.54, 1.807) is 25.3 Å². The highest BCUT2D eigenvalue weighted by atomic mass is 35.5. The van der Waals surface area contributed by atoms with E-state index < -0.39 is 0 Å². The molecule has 3 N–H and O–H groups in total. The van der Waals surface area contributed by atoms with Gasteiger partial charge in [0.25, 0.3) is 0 Å². The zero-order valence-corrected chi connectivity index (χ0v) is 8.88. The molecular formula is C10H10ClN3O. The van der Waals surface area contributed by atoms with Crippen LogP contribution in [0.4, 0.5) is 5.82 Å². The molecule has 0 saturated carbocycles. The number of nitrogens with zero attached hydrogens (tertiary/aromatic N) is 1. The van der Waals surface area contributed by atoms with Gasteiger partial charge in [0.1, 0.15) is 11.6 Å². The summed E-state index contributed by atoms with van der Waals surface area (Å²) < 4.78 is 5.06. The molecule has 0 atom stereocenters. The molecule has 1 heterocycles. The first-order valence-electron chi connectivity index (χ1n) is 4.35. The lowest BCUT2D eigenvalue weighted by molar-refractivity contribution is 0.415. The Bertz CT molecular complexity index is 481. The van der Waals surface area contributed by atoms with Crippen LogP contribution in [0, 0.1) is 0 Å². The van der Waals surface area contributed by atoms with Gasteiger partial charge in [0.2, 0.25) is 0 Å². The van der Waals surface area contributed by atoms with Gasteiger partial charge in [0.15, 0.2) is 0 Å². The fraction of sp³-hybridized carbons (Fsp3) is 0.100. The Morgan fingerprint density at radius 3 is 2.73 bits per heavy atom. The van der Waals surface area contributed by atoms with Gasteiger partial charge in [-0.15, -0.1) is 0 Å². The van der Waals surface area contributed by atoms with Crippen molar-refractivity contribution >= 4 is 17.4 Å². The van der Waals surface area contributed by atoms with Gasteiger partial charge < -0.3 is 10.5 Å². The van der Waals surface area contributed by atoms with Crippen LogP contribution in [0.25, 0.3) is 11.3 Å². The molecule has 0 radical (unpaired) electrons. The van der Waals surface area contributed by atoms with Crippen LogP contribution in [0.15, 0.2) is 24.3 Å². The first-order chi connectivity index (χ1) is 7.20. The third-order valence-electron chi connectivity index (χ3n) is 2.06. The Hall–Kier alpha value is -1.68. The van der Waals surface area contributed by atoms with Crippen molar-refractivity contribution < 1.29 is 4.74 Å². The summed E-state index contributed by atoms with van der Waals surface area (Å²) in [5, 5.41) is 7.21. The molecular weight excluding hydrogens is 214 g/mol. The molecule has 15 heavy (non-hydrogen) atoms. The summed E-state index contributed by atoms with van der Waals surface area (Å²) >= 11 is 6.00. The molecule has 0 aliphatic carbocycles. The van der Waals surface area contributed by atoms with Crippen LogP contribution in [0.1, 0.15) is 0 Å². The second-order valence-electron chi connectivity index (χ2n) is 3.06. The lowest BCUT2D eigenvalue weighted by Gasteiger charge is -2.04. The van der Waals surface area contributed by atoms with Crippen molar-refractivity contribution in [2.24, 2.45) is 0 Å². The maximum absolute atomic E-state index is 6.00. The molecule has 78 valence electrons.